The first-order chi connectivity index (χ1) is 13.7. The standard InChI is InChI=1S/C21H23N3O3S2/c1-14-11-15(2)13-16(12-14)20(25)23-7-9-24(10-8-23)21-22-19-17(28-21)5-4-6-18(19)29(3,26)27/h4-6,11-13H,7-10H2,1-3H3. The van der Waals surface area contributed by atoms with Gasteiger partial charge < -0.3 is 9.80 Å². The highest BCUT2D eigenvalue weighted by molar-refractivity contribution is 7.91. The molecule has 2 heterocycles. The zero-order chi connectivity index (χ0) is 20.8. The quantitative estimate of drug-likeness (QED) is 0.639. The van der Waals surface area contributed by atoms with Crippen molar-refractivity contribution in [3.05, 3.63) is 53.1 Å². The van der Waals surface area contributed by atoms with E-state index in [1.165, 1.54) is 17.6 Å². The molecule has 0 spiro atoms. The number of hydrogen-bond donors (Lipinski definition) is 0. The number of aromatic nitrogens is 1. The van der Waals surface area contributed by atoms with Gasteiger partial charge in [-0.05, 0) is 38.1 Å². The van der Waals surface area contributed by atoms with Gasteiger partial charge in [0.1, 0.15) is 5.52 Å². The van der Waals surface area contributed by atoms with Gasteiger partial charge in [-0.1, -0.05) is 34.6 Å². The minimum atomic E-state index is -3.33. The third-order valence-electron chi connectivity index (χ3n) is 5.08. The van der Waals surface area contributed by atoms with Crippen molar-refractivity contribution in [1.82, 2.24) is 9.88 Å². The van der Waals surface area contributed by atoms with Crippen LogP contribution in [0.5, 0.6) is 0 Å². The number of amides is 1. The second-order valence-corrected chi connectivity index (χ2v) is 10.5. The van der Waals surface area contributed by atoms with Crippen LogP contribution in [0.2, 0.25) is 0 Å². The first kappa shape index (κ1) is 19.8. The first-order valence-corrected chi connectivity index (χ1v) is 12.2. The van der Waals surface area contributed by atoms with Crippen LogP contribution < -0.4 is 4.90 Å². The molecule has 152 valence electrons. The average Bonchev–Trinajstić information content (AvgIpc) is 3.10. The van der Waals surface area contributed by atoms with Crippen LogP contribution in [0, 0.1) is 13.8 Å². The summed E-state index contributed by atoms with van der Waals surface area (Å²) in [7, 11) is -3.33. The third kappa shape index (κ3) is 4.00. The summed E-state index contributed by atoms with van der Waals surface area (Å²) >= 11 is 1.49. The van der Waals surface area contributed by atoms with Gasteiger partial charge in [-0.15, -0.1) is 0 Å². The molecule has 0 bridgehead atoms. The molecule has 1 fully saturated rings. The molecule has 0 radical (unpaired) electrons. The Bertz CT molecular complexity index is 1170. The van der Waals surface area contributed by atoms with Gasteiger partial charge in [0.15, 0.2) is 15.0 Å². The highest BCUT2D eigenvalue weighted by Gasteiger charge is 2.25. The molecule has 4 rings (SSSR count). The molecule has 1 aromatic heterocycles. The molecule has 0 atom stereocenters. The molecule has 0 N–H and O–H groups in total. The number of sulfone groups is 1. The van der Waals surface area contributed by atoms with Gasteiger partial charge in [0, 0.05) is 38.0 Å². The van der Waals surface area contributed by atoms with Crippen LogP contribution in [0.4, 0.5) is 5.13 Å². The smallest absolute Gasteiger partial charge is 0.253 e. The number of carbonyl (C=O) groups is 1. The van der Waals surface area contributed by atoms with Crippen LogP contribution in [-0.2, 0) is 9.84 Å². The Kier molecular flexibility index (Phi) is 5.08. The fourth-order valence-electron chi connectivity index (χ4n) is 3.73. The minimum absolute atomic E-state index is 0.0557. The van der Waals surface area contributed by atoms with Crippen LogP contribution in [0.25, 0.3) is 10.2 Å². The van der Waals surface area contributed by atoms with E-state index in [-0.39, 0.29) is 10.8 Å². The molecule has 3 aromatic rings. The molecule has 0 unspecified atom stereocenters. The summed E-state index contributed by atoms with van der Waals surface area (Å²) < 4.78 is 24.9. The van der Waals surface area contributed by atoms with Gasteiger partial charge in [-0.2, -0.15) is 0 Å². The van der Waals surface area contributed by atoms with Crippen molar-refractivity contribution in [2.75, 3.05) is 37.3 Å². The number of nitrogens with zero attached hydrogens (tertiary/aromatic N) is 3. The van der Waals surface area contributed by atoms with E-state index in [1.807, 2.05) is 36.9 Å². The summed E-state index contributed by atoms with van der Waals surface area (Å²) in [4.78, 5) is 21.8. The Morgan fingerprint density at radius 2 is 1.69 bits per heavy atom. The van der Waals surface area contributed by atoms with Crippen molar-refractivity contribution in [1.29, 1.82) is 0 Å². The molecule has 29 heavy (non-hydrogen) atoms. The number of benzene rings is 2. The molecular formula is C21H23N3O3S2. The monoisotopic (exact) mass is 429 g/mol. The van der Waals surface area contributed by atoms with Crippen molar-refractivity contribution >= 4 is 42.4 Å². The summed E-state index contributed by atoms with van der Waals surface area (Å²) in [5, 5.41) is 0.801. The summed E-state index contributed by atoms with van der Waals surface area (Å²) in [6.07, 6.45) is 1.21. The van der Waals surface area contributed by atoms with Crippen LogP contribution >= 0.6 is 11.3 Å². The van der Waals surface area contributed by atoms with Crippen molar-refractivity contribution in [2.24, 2.45) is 0 Å². The Hall–Kier alpha value is -2.45. The average molecular weight is 430 g/mol. The SMILES string of the molecule is Cc1cc(C)cc(C(=O)N2CCN(c3nc4c(S(C)(=O)=O)cccc4s3)CC2)c1. The highest BCUT2D eigenvalue weighted by atomic mass is 32.2. The molecular weight excluding hydrogens is 406 g/mol. The minimum Gasteiger partial charge on any atom is -0.345 e. The van der Waals surface area contributed by atoms with E-state index < -0.39 is 9.84 Å². The fraction of sp³-hybridized carbons (Fsp3) is 0.333. The zero-order valence-electron chi connectivity index (χ0n) is 16.7. The number of hydrogen-bond acceptors (Lipinski definition) is 6. The lowest BCUT2D eigenvalue weighted by molar-refractivity contribution is 0.0746. The number of aryl methyl sites for hydroxylation is 2. The Morgan fingerprint density at radius 3 is 2.31 bits per heavy atom. The molecule has 0 aliphatic carbocycles. The number of thiazole rings is 1. The summed E-state index contributed by atoms with van der Waals surface area (Å²) in [6.45, 7) is 6.57. The van der Waals surface area contributed by atoms with E-state index >= 15 is 0 Å². The molecule has 1 aliphatic rings. The van der Waals surface area contributed by atoms with Crippen molar-refractivity contribution in [3.8, 4) is 0 Å². The predicted octanol–water partition coefficient (Wildman–Crippen LogP) is 3.28. The second kappa shape index (κ2) is 7.42. The number of carbonyl (C=O) groups excluding carboxylic acids is 1. The van der Waals surface area contributed by atoms with Gasteiger partial charge in [0.25, 0.3) is 5.91 Å². The van der Waals surface area contributed by atoms with Gasteiger partial charge in [0.05, 0.1) is 9.60 Å². The van der Waals surface area contributed by atoms with E-state index in [0.717, 1.165) is 26.5 Å². The number of anilines is 1. The number of piperazine rings is 1. The summed E-state index contributed by atoms with van der Waals surface area (Å²) in [6, 6.07) is 11.2. The lowest BCUT2D eigenvalue weighted by Crippen LogP contribution is -2.48. The van der Waals surface area contributed by atoms with Crippen LogP contribution in [-0.4, -0.2) is 56.6 Å². The Balaban J connectivity index is 1.52. The molecule has 2 aromatic carbocycles. The van der Waals surface area contributed by atoms with E-state index in [2.05, 4.69) is 16.0 Å². The van der Waals surface area contributed by atoms with Crippen LogP contribution in [0.15, 0.2) is 41.3 Å². The highest BCUT2D eigenvalue weighted by Crippen LogP contribution is 2.33. The van der Waals surface area contributed by atoms with E-state index in [1.54, 1.807) is 12.1 Å². The molecule has 1 saturated heterocycles. The largest absolute Gasteiger partial charge is 0.345 e. The lowest BCUT2D eigenvalue weighted by atomic mass is 10.1. The van der Waals surface area contributed by atoms with Crippen molar-refractivity contribution < 1.29 is 13.2 Å². The summed E-state index contributed by atoms with van der Waals surface area (Å²) in [5.41, 5.74) is 3.43. The fourth-order valence-corrected chi connectivity index (χ4v) is 5.67. The third-order valence-corrected chi connectivity index (χ3v) is 7.29. The van der Waals surface area contributed by atoms with Gasteiger partial charge in [-0.25, -0.2) is 13.4 Å². The predicted molar refractivity (Wildman–Crippen MR) is 117 cm³/mol. The number of fused-ring (bicyclic) bond motifs is 1. The topological polar surface area (TPSA) is 70.6 Å². The second-order valence-electron chi connectivity index (χ2n) is 7.53. The zero-order valence-corrected chi connectivity index (χ0v) is 18.3. The maximum atomic E-state index is 12.9. The molecule has 1 aliphatic heterocycles. The maximum Gasteiger partial charge on any atom is 0.253 e. The van der Waals surface area contributed by atoms with Gasteiger partial charge >= 0.3 is 0 Å². The molecule has 8 heteroatoms. The molecule has 0 saturated carbocycles. The van der Waals surface area contributed by atoms with E-state index in [9.17, 15) is 13.2 Å². The van der Waals surface area contributed by atoms with Crippen molar-refractivity contribution in [3.63, 3.8) is 0 Å². The first-order valence-electron chi connectivity index (χ1n) is 9.44. The van der Waals surface area contributed by atoms with E-state index in [0.29, 0.717) is 31.7 Å². The van der Waals surface area contributed by atoms with Crippen molar-refractivity contribution in [2.45, 2.75) is 18.7 Å². The normalized spacial score (nSPS) is 15.1. The van der Waals surface area contributed by atoms with Crippen LogP contribution in [0.3, 0.4) is 0 Å². The Morgan fingerprint density at radius 1 is 1.03 bits per heavy atom. The molecule has 6 nitrogen and oxygen atoms in total. The van der Waals surface area contributed by atoms with Crippen LogP contribution in [0.1, 0.15) is 21.5 Å². The molecule has 1 amide bonds. The maximum absolute atomic E-state index is 12.9. The lowest BCUT2D eigenvalue weighted by Gasteiger charge is -2.34. The summed E-state index contributed by atoms with van der Waals surface area (Å²) in [5.74, 6) is 0.0557. The van der Waals surface area contributed by atoms with E-state index in [4.69, 9.17) is 0 Å². The Labute approximate surface area is 174 Å². The number of rotatable bonds is 3. The van der Waals surface area contributed by atoms with Gasteiger partial charge in [-0.3, -0.25) is 4.79 Å². The number of para-hydroxylation sites is 1. The van der Waals surface area contributed by atoms with Gasteiger partial charge in [0.2, 0.25) is 0 Å².